The first kappa shape index (κ1) is 16.3. The minimum atomic E-state index is -3.76. The summed E-state index contributed by atoms with van der Waals surface area (Å²) in [5, 5.41) is 9.36. The second-order valence-electron chi connectivity index (χ2n) is 4.97. The molecule has 0 N–H and O–H groups in total. The molecule has 1 aliphatic heterocycles. The number of hydrogen-bond donors (Lipinski definition) is 0. The molecule has 2 aromatic carbocycles. The van der Waals surface area contributed by atoms with Gasteiger partial charge in [-0.25, -0.2) is 8.42 Å². The van der Waals surface area contributed by atoms with Gasteiger partial charge in [0.05, 0.1) is 15.8 Å². The van der Waals surface area contributed by atoms with Gasteiger partial charge < -0.3 is 0 Å². The van der Waals surface area contributed by atoms with Crippen molar-refractivity contribution in [2.24, 2.45) is 0 Å². The highest BCUT2D eigenvalue weighted by atomic mass is 35.5. The Hall–Kier alpha value is -1.52. The zero-order chi connectivity index (χ0) is 16.4. The summed E-state index contributed by atoms with van der Waals surface area (Å²) in [6.07, 6.45) is 0. The monoisotopic (exact) mass is 364 g/mol. The molecule has 1 saturated heterocycles. The first-order chi connectivity index (χ1) is 11.1. The maximum atomic E-state index is 13.0. The van der Waals surface area contributed by atoms with E-state index < -0.39 is 10.0 Å². The van der Waals surface area contributed by atoms with E-state index in [0.29, 0.717) is 17.3 Å². The van der Waals surface area contributed by atoms with E-state index in [1.165, 1.54) is 28.2 Å². The minimum Gasteiger partial charge on any atom is -0.207 e. The fourth-order valence-corrected chi connectivity index (χ4v) is 6.25. The van der Waals surface area contributed by atoms with Crippen LogP contribution in [-0.4, -0.2) is 25.0 Å². The summed E-state index contributed by atoms with van der Waals surface area (Å²) in [6.45, 7) is 0.392. The Bertz CT molecular complexity index is 878. The van der Waals surface area contributed by atoms with Gasteiger partial charge in [0, 0.05) is 17.3 Å². The molecule has 0 saturated carbocycles. The molecule has 0 spiro atoms. The highest BCUT2D eigenvalue weighted by Crippen LogP contribution is 2.43. The number of sulfonamides is 1. The molecule has 2 aromatic rings. The molecule has 0 bridgehead atoms. The molecule has 0 radical (unpaired) electrons. The predicted octanol–water partition coefficient (Wildman–Crippen LogP) is 3.65. The van der Waals surface area contributed by atoms with Crippen molar-refractivity contribution in [2.75, 3.05) is 12.3 Å². The average Bonchev–Trinajstić information content (AvgIpc) is 3.05. The lowest BCUT2D eigenvalue weighted by atomic mass is 10.2. The van der Waals surface area contributed by atoms with Crippen LogP contribution in [0.15, 0.2) is 53.4 Å². The fourth-order valence-electron chi connectivity index (χ4n) is 2.53. The molecule has 1 unspecified atom stereocenters. The third-order valence-electron chi connectivity index (χ3n) is 3.61. The fraction of sp³-hybridized carbons (Fsp3) is 0.188. The lowest BCUT2D eigenvalue weighted by molar-refractivity contribution is 0.434. The second kappa shape index (κ2) is 6.54. The molecule has 1 atom stereocenters. The predicted molar refractivity (Wildman–Crippen MR) is 91.7 cm³/mol. The quantitative estimate of drug-likeness (QED) is 0.834. The van der Waals surface area contributed by atoms with Gasteiger partial charge in [0.15, 0.2) is 0 Å². The minimum absolute atomic E-state index is 0.0436. The number of hydrogen-bond acceptors (Lipinski definition) is 4. The van der Waals surface area contributed by atoms with Gasteiger partial charge in [0.25, 0.3) is 0 Å². The van der Waals surface area contributed by atoms with Gasteiger partial charge in [-0.05, 0) is 23.8 Å². The van der Waals surface area contributed by atoms with Crippen LogP contribution >= 0.6 is 23.4 Å². The molecule has 7 heteroatoms. The first-order valence-electron chi connectivity index (χ1n) is 6.92. The smallest absolute Gasteiger partial charge is 0.207 e. The molecule has 1 heterocycles. The number of nitrogens with zero attached hydrogens (tertiary/aromatic N) is 2. The van der Waals surface area contributed by atoms with Crippen LogP contribution in [0, 0.1) is 11.3 Å². The zero-order valence-corrected chi connectivity index (χ0v) is 14.4. The Morgan fingerprint density at radius 3 is 2.61 bits per heavy atom. The van der Waals surface area contributed by atoms with Gasteiger partial charge in [-0.3, -0.25) is 0 Å². The van der Waals surface area contributed by atoms with Crippen molar-refractivity contribution in [2.45, 2.75) is 10.3 Å². The van der Waals surface area contributed by atoms with Crippen LogP contribution in [0.3, 0.4) is 0 Å². The molecule has 0 amide bonds. The molecule has 1 fully saturated rings. The maximum absolute atomic E-state index is 13.0. The van der Waals surface area contributed by atoms with E-state index in [1.807, 2.05) is 24.3 Å². The van der Waals surface area contributed by atoms with E-state index in [2.05, 4.69) is 0 Å². The van der Waals surface area contributed by atoms with Crippen molar-refractivity contribution in [3.63, 3.8) is 0 Å². The zero-order valence-electron chi connectivity index (χ0n) is 12.0. The van der Waals surface area contributed by atoms with Crippen molar-refractivity contribution in [1.82, 2.24) is 4.31 Å². The van der Waals surface area contributed by atoms with E-state index in [-0.39, 0.29) is 15.8 Å². The average molecular weight is 365 g/mol. The standard InChI is InChI=1S/C16H13ClN2O2S2/c17-14-7-3-2-6-13(14)16-19(9-10-22-16)23(20,21)15-8-4-1-5-12(15)11-18/h1-8,16H,9-10H2. The topological polar surface area (TPSA) is 61.2 Å². The highest BCUT2D eigenvalue weighted by molar-refractivity contribution is 8.01. The van der Waals surface area contributed by atoms with E-state index in [0.717, 1.165) is 5.56 Å². The van der Waals surface area contributed by atoms with Gasteiger partial charge in [-0.1, -0.05) is 41.9 Å². The normalized spacial score (nSPS) is 18.7. The molecule has 4 nitrogen and oxygen atoms in total. The van der Waals surface area contributed by atoms with Crippen molar-refractivity contribution in [1.29, 1.82) is 5.26 Å². The van der Waals surface area contributed by atoms with Gasteiger partial charge in [-0.2, -0.15) is 9.57 Å². The van der Waals surface area contributed by atoms with E-state index >= 15 is 0 Å². The van der Waals surface area contributed by atoms with Gasteiger partial charge in [0.1, 0.15) is 6.07 Å². The first-order valence-corrected chi connectivity index (χ1v) is 9.79. The molecule has 118 valence electrons. The van der Waals surface area contributed by atoms with Crippen molar-refractivity contribution < 1.29 is 8.42 Å². The van der Waals surface area contributed by atoms with Crippen LogP contribution in [0.1, 0.15) is 16.5 Å². The third-order valence-corrected chi connectivity index (χ3v) is 7.26. The Labute approximate surface area is 144 Å². The van der Waals surface area contributed by atoms with Gasteiger partial charge >= 0.3 is 0 Å². The van der Waals surface area contributed by atoms with Crippen LogP contribution in [0.2, 0.25) is 5.02 Å². The van der Waals surface area contributed by atoms with Crippen LogP contribution in [0.25, 0.3) is 0 Å². The largest absolute Gasteiger partial charge is 0.245 e. The molecular weight excluding hydrogens is 352 g/mol. The van der Waals surface area contributed by atoms with Crippen molar-refractivity contribution in [3.8, 4) is 6.07 Å². The number of nitriles is 1. The summed E-state index contributed by atoms with van der Waals surface area (Å²) in [5.74, 6) is 0.684. The van der Waals surface area contributed by atoms with Crippen molar-refractivity contribution >= 4 is 33.4 Å². The summed E-state index contributed by atoms with van der Waals surface area (Å²) >= 11 is 7.77. The van der Waals surface area contributed by atoms with Crippen molar-refractivity contribution in [3.05, 3.63) is 64.7 Å². The van der Waals surface area contributed by atoms with Crippen LogP contribution in [-0.2, 0) is 10.0 Å². The van der Waals surface area contributed by atoms with E-state index in [4.69, 9.17) is 11.6 Å². The Balaban J connectivity index is 2.06. The van der Waals surface area contributed by atoms with Crippen LogP contribution in [0.5, 0.6) is 0 Å². The molecule has 1 aliphatic rings. The highest BCUT2D eigenvalue weighted by Gasteiger charge is 2.38. The summed E-state index contributed by atoms with van der Waals surface area (Å²) in [7, 11) is -3.76. The molecule has 0 aromatic heterocycles. The number of benzene rings is 2. The number of rotatable bonds is 3. The summed E-state index contributed by atoms with van der Waals surface area (Å²) < 4.78 is 27.5. The lowest BCUT2D eigenvalue weighted by Crippen LogP contribution is -2.31. The van der Waals surface area contributed by atoms with Crippen LogP contribution in [0.4, 0.5) is 0 Å². The Morgan fingerprint density at radius 2 is 1.87 bits per heavy atom. The maximum Gasteiger partial charge on any atom is 0.245 e. The third kappa shape index (κ3) is 2.98. The Kier molecular flexibility index (Phi) is 4.64. The van der Waals surface area contributed by atoms with E-state index in [9.17, 15) is 13.7 Å². The SMILES string of the molecule is N#Cc1ccccc1S(=O)(=O)N1CCSC1c1ccccc1Cl. The van der Waals surface area contributed by atoms with Gasteiger partial charge in [0.2, 0.25) is 10.0 Å². The lowest BCUT2D eigenvalue weighted by Gasteiger charge is -2.24. The van der Waals surface area contributed by atoms with Crippen LogP contribution < -0.4 is 0 Å². The molecule has 23 heavy (non-hydrogen) atoms. The Morgan fingerprint density at radius 1 is 1.17 bits per heavy atom. The number of halogens is 1. The van der Waals surface area contributed by atoms with Gasteiger partial charge in [-0.15, -0.1) is 11.8 Å². The summed E-state index contributed by atoms with van der Waals surface area (Å²) in [6, 6.07) is 15.5. The number of thioether (sulfide) groups is 1. The van der Waals surface area contributed by atoms with E-state index in [1.54, 1.807) is 18.2 Å². The molecular formula is C16H13ClN2O2S2. The summed E-state index contributed by atoms with van der Waals surface area (Å²) in [4.78, 5) is 0.0436. The molecule has 0 aliphatic carbocycles. The molecule has 3 rings (SSSR count). The summed E-state index contributed by atoms with van der Waals surface area (Å²) in [5.41, 5.74) is 0.928. The second-order valence-corrected chi connectivity index (χ2v) is 8.42.